The minimum Gasteiger partial charge on any atom is -0.353 e. The number of carbonyl (C=O) groups excluding carboxylic acids is 1. The molecule has 1 aliphatic heterocycles. The maximum atomic E-state index is 12.6. The Morgan fingerprint density at radius 1 is 0.862 bits per heavy atom. The average molecular weight is 386 g/mol. The van der Waals surface area contributed by atoms with Crippen molar-refractivity contribution < 1.29 is 4.79 Å². The monoisotopic (exact) mass is 386 g/mol. The van der Waals surface area contributed by atoms with Gasteiger partial charge in [0.05, 0.1) is 0 Å². The first-order valence-corrected chi connectivity index (χ1v) is 10.2. The lowest BCUT2D eigenvalue weighted by Crippen LogP contribution is -2.49. The molecule has 29 heavy (non-hydrogen) atoms. The van der Waals surface area contributed by atoms with Crippen LogP contribution < -0.4 is 4.90 Å². The summed E-state index contributed by atoms with van der Waals surface area (Å²) in [5.41, 5.74) is 2.31. The summed E-state index contributed by atoms with van der Waals surface area (Å²) in [4.78, 5) is 25.9. The van der Waals surface area contributed by atoms with Crippen molar-refractivity contribution in [2.45, 2.75) is 19.3 Å². The van der Waals surface area contributed by atoms with Gasteiger partial charge in [-0.05, 0) is 24.5 Å². The van der Waals surface area contributed by atoms with E-state index in [2.05, 4.69) is 22.0 Å². The maximum Gasteiger partial charge on any atom is 0.222 e. The molecule has 0 bridgehead atoms. The van der Waals surface area contributed by atoms with E-state index in [1.807, 2.05) is 65.7 Å². The quantitative estimate of drug-likeness (QED) is 0.646. The van der Waals surface area contributed by atoms with Gasteiger partial charge in [0, 0.05) is 44.4 Å². The molecule has 1 amide bonds. The van der Waals surface area contributed by atoms with Gasteiger partial charge < -0.3 is 9.80 Å². The number of benzene rings is 2. The summed E-state index contributed by atoms with van der Waals surface area (Å²) in [7, 11) is 0. The van der Waals surface area contributed by atoms with Gasteiger partial charge >= 0.3 is 0 Å². The van der Waals surface area contributed by atoms with Crippen LogP contribution in [0.1, 0.15) is 18.4 Å². The molecule has 0 radical (unpaired) electrons. The van der Waals surface area contributed by atoms with E-state index in [0.717, 1.165) is 56.2 Å². The lowest BCUT2D eigenvalue weighted by atomic mass is 10.1. The lowest BCUT2D eigenvalue weighted by Gasteiger charge is -2.35. The fourth-order valence-corrected chi connectivity index (χ4v) is 3.68. The Bertz CT molecular complexity index is 922. The van der Waals surface area contributed by atoms with Gasteiger partial charge in [-0.15, -0.1) is 0 Å². The molecule has 2 heterocycles. The van der Waals surface area contributed by atoms with Gasteiger partial charge in [-0.25, -0.2) is 9.97 Å². The number of hydrogen-bond donors (Lipinski definition) is 0. The van der Waals surface area contributed by atoms with Crippen LogP contribution in [0.4, 0.5) is 5.82 Å². The molecule has 5 nitrogen and oxygen atoms in total. The van der Waals surface area contributed by atoms with E-state index in [-0.39, 0.29) is 5.91 Å². The van der Waals surface area contributed by atoms with Crippen molar-refractivity contribution in [2.24, 2.45) is 0 Å². The molecule has 0 unspecified atom stereocenters. The van der Waals surface area contributed by atoms with Crippen molar-refractivity contribution in [3.63, 3.8) is 0 Å². The van der Waals surface area contributed by atoms with Crippen molar-refractivity contribution in [2.75, 3.05) is 31.1 Å². The molecule has 1 fully saturated rings. The Morgan fingerprint density at radius 3 is 2.28 bits per heavy atom. The molecule has 1 saturated heterocycles. The van der Waals surface area contributed by atoms with Gasteiger partial charge in [-0.3, -0.25) is 4.79 Å². The Balaban J connectivity index is 1.28. The molecule has 3 aromatic rings. The van der Waals surface area contributed by atoms with Crippen LogP contribution in [0.5, 0.6) is 0 Å². The highest BCUT2D eigenvalue weighted by molar-refractivity contribution is 5.76. The third-order valence-corrected chi connectivity index (χ3v) is 5.33. The van der Waals surface area contributed by atoms with Crippen LogP contribution in [-0.4, -0.2) is 47.0 Å². The molecule has 1 aromatic heterocycles. The second-order valence-corrected chi connectivity index (χ2v) is 7.31. The summed E-state index contributed by atoms with van der Waals surface area (Å²) in [5.74, 6) is 1.92. The smallest absolute Gasteiger partial charge is 0.222 e. The van der Waals surface area contributed by atoms with Crippen molar-refractivity contribution in [3.05, 3.63) is 78.5 Å². The van der Waals surface area contributed by atoms with E-state index in [1.165, 1.54) is 5.56 Å². The maximum absolute atomic E-state index is 12.6. The zero-order valence-electron chi connectivity index (χ0n) is 16.6. The summed E-state index contributed by atoms with van der Waals surface area (Å²) in [5, 5.41) is 0. The third-order valence-electron chi connectivity index (χ3n) is 5.33. The van der Waals surface area contributed by atoms with E-state index < -0.39 is 0 Å². The predicted molar refractivity (Wildman–Crippen MR) is 116 cm³/mol. The highest BCUT2D eigenvalue weighted by Crippen LogP contribution is 2.19. The molecule has 0 atom stereocenters. The van der Waals surface area contributed by atoms with E-state index in [1.54, 1.807) is 0 Å². The summed E-state index contributed by atoms with van der Waals surface area (Å²) >= 11 is 0. The SMILES string of the molecule is O=C(CCCc1ccccc1)N1CCN(c2ccnc(-c3ccccc3)n2)CC1. The fourth-order valence-electron chi connectivity index (χ4n) is 3.68. The number of aryl methyl sites for hydroxylation is 1. The zero-order chi connectivity index (χ0) is 19.9. The van der Waals surface area contributed by atoms with Gasteiger partial charge in [0.2, 0.25) is 5.91 Å². The van der Waals surface area contributed by atoms with Crippen molar-refractivity contribution in [1.29, 1.82) is 0 Å². The lowest BCUT2D eigenvalue weighted by molar-refractivity contribution is -0.131. The van der Waals surface area contributed by atoms with Crippen LogP contribution in [0.15, 0.2) is 72.9 Å². The topological polar surface area (TPSA) is 49.3 Å². The van der Waals surface area contributed by atoms with Gasteiger partial charge in [0.1, 0.15) is 5.82 Å². The number of hydrogen-bond acceptors (Lipinski definition) is 4. The Kier molecular flexibility index (Phi) is 6.15. The molecule has 0 aliphatic carbocycles. The van der Waals surface area contributed by atoms with Crippen LogP contribution in [0.3, 0.4) is 0 Å². The van der Waals surface area contributed by atoms with Crippen LogP contribution in [0.2, 0.25) is 0 Å². The number of anilines is 1. The number of aromatic nitrogens is 2. The van der Waals surface area contributed by atoms with Crippen molar-refractivity contribution in [1.82, 2.24) is 14.9 Å². The van der Waals surface area contributed by atoms with Crippen LogP contribution in [-0.2, 0) is 11.2 Å². The number of piperazine rings is 1. The second-order valence-electron chi connectivity index (χ2n) is 7.31. The zero-order valence-corrected chi connectivity index (χ0v) is 16.6. The fraction of sp³-hybridized carbons (Fsp3) is 0.292. The molecular formula is C24H26N4O. The number of carbonyl (C=O) groups is 1. The summed E-state index contributed by atoms with van der Waals surface area (Å²) in [6, 6.07) is 22.3. The molecule has 1 aliphatic rings. The number of rotatable bonds is 6. The molecule has 2 aromatic carbocycles. The molecule has 0 N–H and O–H groups in total. The molecule has 4 rings (SSSR count). The van der Waals surface area contributed by atoms with Crippen LogP contribution >= 0.6 is 0 Å². The molecule has 0 spiro atoms. The first kappa shape index (κ1) is 19.1. The number of amides is 1. The second kappa shape index (κ2) is 9.32. The standard InChI is InChI=1S/C24H26N4O/c29-23(13-7-10-20-8-3-1-4-9-20)28-18-16-27(17-19-28)22-14-15-25-24(26-22)21-11-5-2-6-12-21/h1-6,8-9,11-12,14-15H,7,10,13,16-19H2. The van der Waals surface area contributed by atoms with Gasteiger partial charge in [0.15, 0.2) is 5.82 Å². The Hall–Kier alpha value is -3.21. The normalized spacial score (nSPS) is 14.1. The van der Waals surface area contributed by atoms with E-state index in [4.69, 9.17) is 4.98 Å². The largest absolute Gasteiger partial charge is 0.353 e. The molecule has 148 valence electrons. The highest BCUT2D eigenvalue weighted by atomic mass is 16.2. The summed E-state index contributed by atoms with van der Waals surface area (Å²) in [6.45, 7) is 3.09. The van der Waals surface area contributed by atoms with E-state index in [9.17, 15) is 4.79 Å². The Labute approximate surface area is 172 Å². The van der Waals surface area contributed by atoms with Crippen LogP contribution in [0, 0.1) is 0 Å². The first-order chi connectivity index (χ1) is 14.3. The minimum atomic E-state index is 0.258. The highest BCUT2D eigenvalue weighted by Gasteiger charge is 2.22. The van der Waals surface area contributed by atoms with E-state index in [0.29, 0.717) is 6.42 Å². The molecule has 5 heteroatoms. The van der Waals surface area contributed by atoms with Crippen molar-refractivity contribution >= 4 is 11.7 Å². The molecule has 0 saturated carbocycles. The van der Waals surface area contributed by atoms with Gasteiger partial charge in [-0.1, -0.05) is 60.7 Å². The van der Waals surface area contributed by atoms with Crippen LogP contribution in [0.25, 0.3) is 11.4 Å². The third kappa shape index (κ3) is 4.99. The minimum absolute atomic E-state index is 0.258. The van der Waals surface area contributed by atoms with E-state index >= 15 is 0 Å². The predicted octanol–water partition coefficient (Wildman–Crippen LogP) is 3.82. The number of nitrogens with zero attached hydrogens (tertiary/aromatic N) is 4. The Morgan fingerprint density at radius 2 is 1.55 bits per heavy atom. The van der Waals surface area contributed by atoms with Gasteiger partial charge in [0.25, 0.3) is 0 Å². The molecular weight excluding hydrogens is 360 g/mol. The summed E-state index contributed by atoms with van der Waals surface area (Å²) in [6.07, 6.45) is 4.28. The average Bonchev–Trinajstić information content (AvgIpc) is 2.80. The first-order valence-electron chi connectivity index (χ1n) is 10.2. The van der Waals surface area contributed by atoms with Gasteiger partial charge in [-0.2, -0.15) is 0 Å². The summed E-state index contributed by atoms with van der Waals surface area (Å²) < 4.78 is 0. The van der Waals surface area contributed by atoms with Crippen molar-refractivity contribution in [3.8, 4) is 11.4 Å².